The lowest BCUT2D eigenvalue weighted by molar-refractivity contribution is -0.139. The van der Waals surface area contributed by atoms with E-state index in [2.05, 4.69) is 96.9 Å². The van der Waals surface area contributed by atoms with Gasteiger partial charge in [-0.3, -0.25) is 14.4 Å². The topological polar surface area (TPSA) is 239 Å². The molecule has 3 fully saturated rings. The highest BCUT2D eigenvalue weighted by Gasteiger charge is 2.25. The van der Waals surface area contributed by atoms with E-state index < -0.39 is 12.1 Å². The van der Waals surface area contributed by atoms with Crippen LogP contribution >= 0.6 is 12.6 Å². The van der Waals surface area contributed by atoms with Gasteiger partial charge in [0.15, 0.2) is 0 Å². The Morgan fingerprint density at radius 3 is 1.19 bits per heavy atom. The maximum Gasteiger partial charge on any atom is 0.516 e. The van der Waals surface area contributed by atoms with E-state index in [1.165, 1.54) is 12.1 Å². The van der Waals surface area contributed by atoms with Crippen LogP contribution in [-0.2, 0) is 94.8 Å². The average molecular weight is 1670 g/mol. The van der Waals surface area contributed by atoms with E-state index in [0.717, 1.165) is 95.3 Å². The zero-order chi connectivity index (χ0) is 87.7. The van der Waals surface area contributed by atoms with Crippen LogP contribution in [-0.4, -0.2) is 170 Å². The normalized spacial score (nSPS) is 14.4. The molecule has 0 bridgehead atoms. The molecule has 1 N–H and O–H groups in total. The van der Waals surface area contributed by atoms with Crippen LogP contribution in [0.4, 0.5) is 9.18 Å². The van der Waals surface area contributed by atoms with Crippen LogP contribution in [0.2, 0.25) is 0 Å². The van der Waals surface area contributed by atoms with Crippen molar-refractivity contribution < 1.29 is 104 Å². The molecular weight excluding hydrogens is 1550 g/mol. The average Bonchev–Trinajstić information content (AvgIpc) is 1.89. The number of ether oxygens (including phenoxy) is 16. The van der Waals surface area contributed by atoms with Crippen LogP contribution in [0.5, 0.6) is 34.5 Å². The van der Waals surface area contributed by atoms with Gasteiger partial charge in [-0.25, -0.2) is 9.18 Å². The summed E-state index contributed by atoms with van der Waals surface area (Å²) in [6.45, 7) is 15.8. The fourth-order valence-corrected chi connectivity index (χ4v) is 9.87. The molecule has 0 spiro atoms. The van der Waals surface area contributed by atoms with E-state index in [1.807, 2.05) is 121 Å². The number of hydrogen-bond acceptors (Lipinski definition) is 22. The summed E-state index contributed by atoms with van der Waals surface area (Å²) in [6.07, 6.45) is 19.2. The van der Waals surface area contributed by atoms with Crippen LogP contribution < -0.4 is 28.4 Å². The molecule has 0 amide bonds. The summed E-state index contributed by atoms with van der Waals surface area (Å²) in [7, 11) is 12.0. The first-order valence-corrected chi connectivity index (χ1v) is 40.0. The highest BCUT2D eigenvalue weighted by Crippen LogP contribution is 2.23. The molecule has 0 aliphatic carbocycles. The summed E-state index contributed by atoms with van der Waals surface area (Å²) in [5.41, 5.74) is 5.53. The smallest absolute Gasteiger partial charge is 0.497 e. The van der Waals surface area contributed by atoms with Gasteiger partial charge in [0.05, 0.1) is 140 Å². The third-order valence-electron chi connectivity index (χ3n) is 16.3. The van der Waals surface area contributed by atoms with Crippen molar-refractivity contribution in [3.63, 3.8) is 0 Å². The Morgan fingerprint density at radius 1 is 0.508 bits per heavy atom. The van der Waals surface area contributed by atoms with Gasteiger partial charge in [-0.05, 0) is 184 Å². The lowest BCUT2D eigenvalue weighted by Gasteiger charge is -2.12. The fraction of sp³-hybridized carbons (Fsp3) is 0.438. The molecule has 3 aliphatic rings. The van der Waals surface area contributed by atoms with E-state index in [-0.39, 0.29) is 68.9 Å². The highest BCUT2D eigenvalue weighted by molar-refractivity contribution is 7.79. The maximum atomic E-state index is 12.9. The minimum atomic E-state index is -0.938. The molecule has 6 aromatic carbocycles. The Balaban J connectivity index is 0.000000732. The number of carbonyl (C=O) groups excluding carboxylic acids is 4. The lowest BCUT2D eigenvalue weighted by atomic mass is 10.2. The highest BCUT2D eigenvalue weighted by atomic mass is 32.1. The maximum absolute atomic E-state index is 12.9. The van der Waals surface area contributed by atoms with Gasteiger partial charge in [-0.2, -0.15) is 12.6 Å². The van der Waals surface area contributed by atoms with Crippen molar-refractivity contribution in [3.8, 4) is 94.2 Å². The van der Waals surface area contributed by atoms with Gasteiger partial charge in [0.1, 0.15) is 59.1 Å². The van der Waals surface area contributed by atoms with Gasteiger partial charge < -0.3 is 80.9 Å². The molecule has 9 rings (SSSR count). The second-order valence-corrected chi connectivity index (χ2v) is 25.5. The number of epoxide rings is 1. The van der Waals surface area contributed by atoms with Gasteiger partial charge >= 0.3 is 12.1 Å². The second kappa shape index (κ2) is 71.6. The first kappa shape index (κ1) is 106. The van der Waals surface area contributed by atoms with Crippen LogP contribution in [0, 0.1) is 65.5 Å². The van der Waals surface area contributed by atoms with E-state index in [9.17, 15) is 23.6 Å². The SMILES string of the molecule is C.C#CCCOCc1ccc(OC)cc1.C=CCCC(=O)C#CCCOCc1ccc(OC)cc1.C=CCCC(=O)OC(=O)OCC.COc1ccc(COCCC#CC(=O)CCC2CO2)cc1.COc1ccc(COCCC#CC2CCC(CO)O2)cc1.COc1ccc(COCCC#CC2CCC(COc3ccc(F)cc3)O2)cc1.CS.[2H][B]. The summed E-state index contributed by atoms with van der Waals surface area (Å²) < 4.78 is 102. The number of aliphatic hydroxyl groups excluding tert-OH is 1. The second-order valence-electron chi connectivity index (χ2n) is 25.5. The number of hydrogen-bond donors (Lipinski definition) is 2. The minimum absolute atomic E-state index is 0. The first-order valence-electron chi connectivity index (χ1n) is 39.7. The van der Waals surface area contributed by atoms with Crippen molar-refractivity contribution in [1.29, 1.82) is 1.34 Å². The van der Waals surface area contributed by atoms with Crippen LogP contribution in [0.25, 0.3) is 0 Å². The molecule has 3 aliphatic heterocycles. The third-order valence-corrected chi connectivity index (χ3v) is 16.3. The van der Waals surface area contributed by atoms with Crippen LogP contribution in [0.3, 0.4) is 0 Å². The number of benzene rings is 6. The van der Waals surface area contributed by atoms with Crippen molar-refractivity contribution in [3.05, 3.63) is 205 Å². The number of carbonyl (C=O) groups is 4. The Labute approximate surface area is 721 Å². The molecule has 3 heterocycles. The molecule has 5 atom stereocenters. The Kier molecular flexibility index (Phi) is 63.1. The summed E-state index contributed by atoms with van der Waals surface area (Å²) in [4.78, 5) is 43.9. The molecule has 0 saturated carbocycles. The molecule has 21 nitrogen and oxygen atoms in total. The molecular formula is C96H122BFO21S. The number of aliphatic hydroxyl groups is 1. The van der Waals surface area contributed by atoms with Crippen molar-refractivity contribution in [1.82, 2.24) is 0 Å². The zero-order valence-electron chi connectivity index (χ0n) is 70.9. The van der Waals surface area contributed by atoms with Crippen molar-refractivity contribution >= 4 is 44.7 Å². The number of allylic oxidation sites excluding steroid dienone is 2. The molecule has 24 heteroatoms. The van der Waals surface area contributed by atoms with Gasteiger partial charge in [-0.15, -0.1) is 25.5 Å². The number of halogens is 1. The quantitative estimate of drug-likeness (QED) is 0.00419. The predicted molar refractivity (Wildman–Crippen MR) is 471 cm³/mol. The van der Waals surface area contributed by atoms with E-state index >= 15 is 0 Å². The molecule has 5 unspecified atom stereocenters. The number of thiol groups is 1. The Bertz CT molecular complexity index is 4040. The van der Waals surface area contributed by atoms with Crippen molar-refractivity contribution in [2.75, 3.05) is 101 Å². The minimum Gasteiger partial charge on any atom is -0.497 e. The summed E-state index contributed by atoms with van der Waals surface area (Å²) in [5, 5.41) is 8.97. The number of rotatable bonds is 39. The van der Waals surface area contributed by atoms with Crippen LogP contribution in [0.15, 0.2) is 171 Å². The van der Waals surface area contributed by atoms with E-state index in [1.54, 1.807) is 73.0 Å². The van der Waals surface area contributed by atoms with Crippen molar-refractivity contribution in [2.45, 2.75) is 174 Å². The molecule has 6 aromatic rings. The standard InChI is InChI=1S/C23H25FO4.C17H20O4.C17H22O4.C17H20O3.C12H14O2.C8H12O4.CH4S.CH4.BH/c1-25-20-9-5-18(6-10-20)16-26-15-3-2-4-22-13-14-23(28-22)17-27-21-11-7-19(24)8-12-21;1-19-16-8-5-14(6-9-16)12-20-11-3-2-4-15(18)7-10-17-13-21-17;1-19-15-7-5-14(6-8-15)13-20-11-3-2-4-16-9-10-17(12-18)21-16;1-3-4-7-16(18)8-5-6-13-20-14-15-9-11-17(19-2)12-10-15;1-3-4-9-14-10-11-5-7-12(13-2)8-6-11;1-3-5-6-7(9)12-8(10)11-4-2;1-2;;/h5-12,22-23H,3,13-17H2,1H3;5-6,8-9,17H,3,7,10-13H2,1H3;5-8,16-18H,3,9-13H2,1H3;3,9-12H,1,4,6-7,13-14H2,2H3;1,5-8H,4,9-10H2,2H3;3H,1,4-6H2,2H3;2H,1H3;1H4;1H/i;;;;;;;;1D. The van der Waals surface area contributed by atoms with Crippen molar-refractivity contribution in [2.24, 2.45) is 0 Å². The molecule has 120 heavy (non-hydrogen) atoms. The lowest BCUT2D eigenvalue weighted by Crippen LogP contribution is -2.18. The Hall–Kier alpha value is -10.3. The Morgan fingerprint density at radius 2 is 0.850 bits per heavy atom. The number of Topliss-reactive ketones (excluding diaryl/α,β-unsaturated/α-hetero) is 2. The molecule has 2 radical (unpaired) electrons. The largest absolute Gasteiger partial charge is 0.516 e. The molecule has 0 aromatic heterocycles. The third kappa shape index (κ3) is 54.7. The van der Waals surface area contributed by atoms with E-state index in [0.29, 0.717) is 142 Å². The number of methoxy groups -OCH3 is 5. The monoisotopic (exact) mass is 1670 g/mol. The van der Waals surface area contributed by atoms with E-state index in [4.69, 9.17) is 79.2 Å². The van der Waals surface area contributed by atoms with Crippen LogP contribution in [0.1, 0.15) is 138 Å². The number of terminal acetylenes is 1. The first-order chi connectivity index (χ1) is 58.6. The van der Waals surface area contributed by atoms with Gasteiger partial charge in [0.2, 0.25) is 11.6 Å². The fourth-order valence-electron chi connectivity index (χ4n) is 9.87. The number of ketones is 2. The molecule has 3 saturated heterocycles. The van der Waals surface area contributed by atoms with Gasteiger partial charge in [0, 0.05) is 59.7 Å². The zero-order valence-corrected chi connectivity index (χ0v) is 70.8. The van der Waals surface area contributed by atoms with Gasteiger partial charge in [0.25, 0.3) is 0 Å². The summed E-state index contributed by atoms with van der Waals surface area (Å²) in [5.74, 6) is 29.8. The summed E-state index contributed by atoms with van der Waals surface area (Å²) in [6, 6.07) is 44.9. The van der Waals surface area contributed by atoms with Gasteiger partial charge in [-0.1, -0.05) is 116 Å². The summed E-state index contributed by atoms with van der Waals surface area (Å²) >= 11 is 3.53. The number of esters is 1. The molecule has 648 valence electrons. The predicted octanol–water partition coefficient (Wildman–Crippen LogP) is 16.4.